The Labute approximate surface area is 224 Å². The van der Waals surface area contributed by atoms with E-state index in [4.69, 9.17) is 20.4 Å². The van der Waals surface area contributed by atoms with E-state index in [0.717, 1.165) is 55.1 Å². The van der Waals surface area contributed by atoms with Crippen LogP contribution in [-0.4, -0.2) is 94.3 Å². The zero-order chi connectivity index (χ0) is 25.7. The predicted molar refractivity (Wildman–Crippen MR) is 146 cm³/mol. The van der Waals surface area contributed by atoms with Gasteiger partial charge in [0.25, 0.3) is 0 Å². The molecule has 2 atom stereocenters. The number of hydrogen-bond acceptors (Lipinski definition) is 10. The van der Waals surface area contributed by atoms with Gasteiger partial charge in [0.1, 0.15) is 5.82 Å². The first-order chi connectivity index (χ1) is 17.1. The number of rotatable bonds is 5. The summed E-state index contributed by atoms with van der Waals surface area (Å²) in [5, 5.41) is 3.15. The summed E-state index contributed by atoms with van der Waals surface area (Å²) >= 11 is 0. The average Bonchev–Trinajstić information content (AvgIpc) is 3.48. The summed E-state index contributed by atoms with van der Waals surface area (Å²) < 4.78 is 5.66. The molecule has 2 aromatic heterocycles. The highest BCUT2D eigenvalue weighted by Crippen LogP contribution is 2.42. The lowest BCUT2D eigenvalue weighted by molar-refractivity contribution is -0.136. The van der Waals surface area contributed by atoms with Gasteiger partial charge in [0.05, 0.1) is 36.0 Å². The molecule has 2 fully saturated rings. The molecule has 0 aromatic carbocycles. The molecular formula is C25H38ClN9O2. The van der Waals surface area contributed by atoms with Gasteiger partial charge in [-0.25, -0.2) is 15.0 Å². The highest BCUT2D eigenvalue weighted by Gasteiger charge is 2.46. The second kappa shape index (κ2) is 10.2. The molecule has 202 valence electrons. The molecule has 0 unspecified atom stereocenters. The summed E-state index contributed by atoms with van der Waals surface area (Å²) in [4.78, 5) is 38.4. The minimum atomic E-state index is -0.599. The molecule has 0 aliphatic carbocycles. The molecular weight excluding hydrogens is 494 g/mol. The van der Waals surface area contributed by atoms with Crippen molar-refractivity contribution in [2.75, 3.05) is 62.0 Å². The van der Waals surface area contributed by atoms with Crippen LogP contribution in [0.15, 0.2) is 12.4 Å². The normalized spacial score (nSPS) is 23.7. The number of carbonyl (C=O) groups is 1. The average molecular weight is 532 g/mol. The van der Waals surface area contributed by atoms with Crippen LogP contribution in [0.5, 0.6) is 0 Å². The van der Waals surface area contributed by atoms with Crippen LogP contribution in [-0.2, 0) is 16.0 Å². The molecule has 3 aliphatic heterocycles. The molecule has 3 aliphatic rings. The van der Waals surface area contributed by atoms with Gasteiger partial charge in [0, 0.05) is 49.7 Å². The SMILES string of the molecule is CNC(C)(C)C(=O)N1CC[C@](C)(N2CCc3c(-c4cnc(N)nc4)nc(N4CCOC[C@@H]4C)nc32)C1.Cl. The van der Waals surface area contributed by atoms with Crippen molar-refractivity contribution >= 4 is 36.0 Å². The molecule has 0 spiro atoms. The second-order valence-electron chi connectivity index (χ2n) is 10.9. The number of anilines is 3. The fourth-order valence-corrected chi connectivity index (χ4v) is 5.46. The van der Waals surface area contributed by atoms with E-state index in [1.165, 1.54) is 0 Å². The van der Waals surface area contributed by atoms with E-state index in [1.807, 2.05) is 25.8 Å². The Morgan fingerprint density at radius 1 is 1.22 bits per heavy atom. The molecule has 2 aromatic rings. The van der Waals surface area contributed by atoms with E-state index in [1.54, 1.807) is 12.4 Å². The molecule has 5 heterocycles. The van der Waals surface area contributed by atoms with Crippen molar-refractivity contribution in [1.29, 1.82) is 0 Å². The van der Waals surface area contributed by atoms with Gasteiger partial charge < -0.3 is 30.5 Å². The maximum Gasteiger partial charge on any atom is 0.242 e. The lowest BCUT2D eigenvalue weighted by atomic mass is 9.99. The third kappa shape index (κ3) is 4.92. The van der Waals surface area contributed by atoms with Crippen molar-refractivity contribution < 1.29 is 9.53 Å². The van der Waals surface area contributed by atoms with Crippen molar-refractivity contribution in [3.05, 3.63) is 18.0 Å². The molecule has 2 saturated heterocycles. The zero-order valence-electron chi connectivity index (χ0n) is 22.3. The number of nitrogens with two attached hydrogens (primary N) is 1. The Balaban J connectivity index is 0.00000320. The summed E-state index contributed by atoms with van der Waals surface area (Å²) in [5.41, 5.74) is 7.71. The Hall–Kier alpha value is -2.76. The monoisotopic (exact) mass is 531 g/mol. The molecule has 3 N–H and O–H groups in total. The maximum atomic E-state index is 13.2. The Morgan fingerprint density at radius 3 is 2.62 bits per heavy atom. The van der Waals surface area contributed by atoms with Crippen molar-refractivity contribution in [3.8, 4) is 11.3 Å². The third-order valence-corrected chi connectivity index (χ3v) is 7.93. The van der Waals surface area contributed by atoms with E-state index in [2.05, 4.69) is 38.9 Å². The Morgan fingerprint density at radius 2 is 1.95 bits per heavy atom. The fraction of sp³-hybridized carbons (Fsp3) is 0.640. The standard InChI is InChI=1S/C25H37N9O2.ClH/c1-16-14-36-11-10-33(16)23-30-19(17-12-28-22(26)29-13-17)18-6-8-34(20(18)31-23)25(4)7-9-32(15-25)21(35)24(2,3)27-5;/h12-13,16,27H,6-11,14-15H2,1-5H3,(H2,26,28,29);1H/t16-,25-;/m0./s1. The first-order valence-corrected chi connectivity index (χ1v) is 12.7. The molecule has 0 radical (unpaired) electrons. The largest absolute Gasteiger partial charge is 0.377 e. The van der Waals surface area contributed by atoms with E-state index in [0.29, 0.717) is 25.7 Å². The highest BCUT2D eigenvalue weighted by molar-refractivity contribution is 5.86. The molecule has 0 bridgehead atoms. The van der Waals surface area contributed by atoms with Crippen LogP contribution < -0.4 is 20.9 Å². The smallest absolute Gasteiger partial charge is 0.242 e. The van der Waals surface area contributed by atoms with Crippen molar-refractivity contribution in [2.45, 2.75) is 57.7 Å². The number of nitrogens with zero attached hydrogens (tertiary/aromatic N) is 7. The number of fused-ring (bicyclic) bond motifs is 1. The predicted octanol–water partition coefficient (Wildman–Crippen LogP) is 1.51. The summed E-state index contributed by atoms with van der Waals surface area (Å²) in [6, 6.07) is 0.168. The van der Waals surface area contributed by atoms with Crippen LogP contribution in [0.25, 0.3) is 11.3 Å². The van der Waals surface area contributed by atoms with Crippen molar-refractivity contribution in [3.63, 3.8) is 0 Å². The number of aromatic nitrogens is 4. The van der Waals surface area contributed by atoms with Crippen molar-refractivity contribution in [2.24, 2.45) is 0 Å². The van der Waals surface area contributed by atoms with Gasteiger partial charge in [-0.05, 0) is 47.6 Å². The lowest BCUT2D eigenvalue weighted by Crippen LogP contribution is -2.54. The number of ether oxygens (including phenoxy) is 1. The number of carbonyl (C=O) groups excluding carboxylic acids is 1. The number of hydrogen-bond donors (Lipinski definition) is 2. The van der Waals surface area contributed by atoms with Gasteiger partial charge in [-0.15, -0.1) is 12.4 Å². The molecule has 1 amide bonds. The second-order valence-corrected chi connectivity index (χ2v) is 10.9. The lowest BCUT2D eigenvalue weighted by Gasteiger charge is -2.38. The zero-order valence-corrected chi connectivity index (χ0v) is 23.1. The Bertz CT molecular complexity index is 1150. The molecule has 37 heavy (non-hydrogen) atoms. The quantitative estimate of drug-likeness (QED) is 0.586. The summed E-state index contributed by atoms with van der Waals surface area (Å²) in [7, 11) is 1.83. The summed E-state index contributed by atoms with van der Waals surface area (Å²) in [6.07, 6.45) is 5.17. The number of amides is 1. The highest BCUT2D eigenvalue weighted by atomic mass is 35.5. The van der Waals surface area contributed by atoms with Gasteiger partial charge in [0.2, 0.25) is 17.8 Å². The first kappa shape index (κ1) is 27.3. The minimum absolute atomic E-state index is 0. The minimum Gasteiger partial charge on any atom is -0.377 e. The van der Waals surface area contributed by atoms with Crippen LogP contribution in [0.3, 0.4) is 0 Å². The number of nitrogen functional groups attached to an aromatic ring is 1. The maximum absolute atomic E-state index is 13.2. The number of nitrogens with one attached hydrogen (secondary N) is 1. The van der Waals surface area contributed by atoms with Crippen LogP contribution in [0.4, 0.5) is 17.7 Å². The third-order valence-electron chi connectivity index (χ3n) is 7.93. The molecule has 0 saturated carbocycles. The van der Waals surface area contributed by atoms with Crippen LogP contribution in [0.2, 0.25) is 0 Å². The first-order valence-electron chi connectivity index (χ1n) is 12.7. The fourth-order valence-electron chi connectivity index (χ4n) is 5.46. The van der Waals surface area contributed by atoms with Gasteiger partial charge in [0.15, 0.2) is 0 Å². The number of likely N-dealkylation sites (tertiary alicyclic amines) is 1. The molecule has 12 heteroatoms. The van der Waals surface area contributed by atoms with Gasteiger partial charge >= 0.3 is 0 Å². The number of morpholine rings is 1. The van der Waals surface area contributed by atoms with Crippen LogP contribution in [0.1, 0.15) is 39.7 Å². The number of likely N-dealkylation sites (N-methyl/N-ethyl adjacent to an activating group) is 1. The Kier molecular flexibility index (Phi) is 7.51. The van der Waals surface area contributed by atoms with Crippen LogP contribution in [0, 0.1) is 0 Å². The van der Waals surface area contributed by atoms with E-state index < -0.39 is 5.54 Å². The summed E-state index contributed by atoms with van der Waals surface area (Å²) in [6.45, 7) is 12.5. The van der Waals surface area contributed by atoms with Gasteiger partial charge in [-0.2, -0.15) is 4.98 Å². The summed E-state index contributed by atoms with van der Waals surface area (Å²) in [5.74, 6) is 1.99. The molecule has 11 nitrogen and oxygen atoms in total. The molecule has 5 rings (SSSR count). The van der Waals surface area contributed by atoms with Crippen molar-refractivity contribution in [1.82, 2.24) is 30.2 Å². The van der Waals surface area contributed by atoms with E-state index in [9.17, 15) is 4.79 Å². The van der Waals surface area contributed by atoms with E-state index >= 15 is 0 Å². The number of halogens is 1. The topological polar surface area (TPSA) is 126 Å². The van der Waals surface area contributed by atoms with Gasteiger partial charge in [-0.3, -0.25) is 4.79 Å². The van der Waals surface area contributed by atoms with Crippen LogP contribution >= 0.6 is 12.4 Å². The van der Waals surface area contributed by atoms with Gasteiger partial charge in [-0.1, -0.05) is 0 Å². The van der Waals surface area contributed by atoms with E-state index in [-0.39, 0.29) is 35.8 Å².